The Kier molecular flexibility index (Phi) is 7.19. The van der Waals surface area contributed by atoms with Crippen molar-refractivity contribution in [1.82, 2.24) is 4.98 Å². The Morgan fingerprint density at radius 3 is 2.52 bits per heavy atom. The van der Waals surface area contributed by atoms with Gasteiger partial charge in [0.1, 0.15) is 11.6 Å². The molecule has 1 aliphatic heterocycles. The molecule has 0 atom stereocenters. The first-order chi connectivity index (χ1) is 16.1. The van der Waals surface area contributed by atoms with E-state index in [9.17, 15) is 0 Å². The van der Waals surface area contributed by atoms with Crippen molar-refractivity contribution >= 4 is 11.5 Å². The number of aromatic nitrogens is 1. The number of methoxy groups -OCH3 is 2. The van der Waals surface area contributed by atoms with E-state index in [1.54, 1.807) is 14.2 Å². The fourth-order valence-corrected chi connectivity index (χ4v) is 4.02. The molecule has 33 heavy (non-hydrogen) atoms. The minimum atomic E-state index is 0.519. The van der Waals surface area contributed by atoms with Crippen LogP contribution in [0.5, 0.6) is 17.2 Å². The van der Waals surface area contributed by atoms with E-state index < -0.39 is 0 Å². The van der Waals surface area contributed by atoms with Gasteiger partial charge < -0.3 is 29.6 Å². The predicted molar refractivity (Wildman–Crippen MR) is 131 cm³/mol. The van der Waals surface area contributed by atoms with Crippen LogP contribution in [0.3, 0.4) is 0 Å². The van der Waals surface area contributed by atoms with Gasteiger partial charge in [0.2, 0.25) is 0 Å². The molecule has 2 N–H and O–H groups in total. The molecule has 0 aliphatic carbocycles. The zero-order valence-corrected chi connectivity index (χ0v) is 19.5. The molecule has 0 bridgehead atoms. The van der Waals surface area contributed by atoms with Crippen molar-refractivity contribution in [3.63, 3.8) is 0 Å². The molecule has 7 nitrogen and oxygen atoms in total. The van der Waals surface area contributed by atoms with Crippen LogP contribution in [-0.4, -0.2) is 52.1 Å². The molecule has 3 aromatic rings. The Morgan fingerprint density at radius 2 is 1.79 bits per heavy atom. The summed E-state index contributed by atoms with van der Waals surface area (Å²) in [6.45, 7) is 5.54. The Labute approximate surface area is 195 Å². The molecule has 0 radical (unpaired) electrons. The van der Waals surface area contributed by atoms with Crippen LogP contribution < -0.4 is 24.8 Å². The molecule has 0 spiro atoms. The molecule has 2 heterocycles. The lowest BCUT2D eigenvalue weighted by Crippen LogP contribution is -2.36. The fourth-order valence-electron chi connectivity index (χ4n) is 4.02. The molecule has 0 saturated carbocycles. The number of rotatable bonds is 8. The maximum absolute atomic E-state index is 6.32. The summed E-state index contributed by atoms with van der Waals surface area (Å²) in [4.78, 5) is 7.16. The average Bonchev–Trinajstić information content (AvgIpc) is 2.84. The fraction of sp³-hybridized carbons (Fsp3) is 0.346. The van der Waals surface area contributed by atoms with E-state index in [2.05, 4.69) is 4.90 Å². The molecular formula is C26H31N3O4. The van der Waals surface area contributed by atoms with Crippen molar-refractivity contribution < 1.29 is 18.9 Å². The van der Waals surface area contributed by atoms with E-state index in [1.807, 2.05) is 55.5 Å². The number of hydrogen-bond donors (Lipinski definition) is 1. The number of anilines is 2. The Morgan fingerprint density at radius 1 is 1.00 bits per heavy atom. The highest BCUT2D eigenvalue weighted by molar-refractivity contribution is 5.78. The van der Waals surface area contributed by atoms with Crippen molar-refractivity contribution in [2.75, 3.05) is 57.8 Å². The highest BCUT2D eigenvalue weighted by Gasteiger charge is 2.17. The SMILES string of the molecule is COc1ccc(CCOc2cc(-c3c(C)cccc3N)nc(N3CCOCC3)c2)cc1OC. The van der Waals surface area contributed by atoms with Crippen molar-refractivity contribution in [2.45, 2.75) is 13.3 Å². The van der Waals surface area contributed by atoms with Gasteiger partial charge in [-0.3, -0.25) is 0 Å². The molecule has 1 aromatic heterocycles. The zero-order valence-electron chi connectivity index (χ0n) is 19.5. The van der Waals surface area contributed by atoms with Crippen LogP contribution in [0, 0.1) is 6.92 Å². The van der Waals surface area contributed by atoms with Gasteiger partial charge >= 0.3 is 0 Å². The number of morpholine rings is 1. The topological polar surface area (TPSA) is 79.1 Å². The number of nitrogens with zero attached hydrogens (tertiary/aromatic N) is 2. The summed E-state index contributed by atoms with van der Waals surface area (Å²) in [5, 5.41) is 0. The Hall–Kier alpha value is -3.45. The van der Waals surface area contributed by atoms with Gasteiger partial charge in [-0.05, 0) is 36.2 Å². The van der Waals surface area contributed by atoms with Crippen LogP contribution in [0.4, 0.5) is 11.5 Å². The van der Waals surface area contributed by atoms with Crippen molar-refractivity contribution in [3.8, 4) is 28.5 Å². The van der Waals surface area contributed by atoms with E-state index >= 15 is 0 Å². The number of nitrogens with two attached hydrogens (primary N) is 1. The Balaban J connectivity index is 1.58. The number of benzene rings is 2. The first-order valence-electron chi connectivity index (χ1n) is 11.1. The number of hydrogen-bond acceptors (Lipinski definition) is 7. The van der Waals surface area contributed by atoms with E-state index in [0.29, 0.717) is 37.0 Å². The van der Waals surface area contributed by atoms with Gasteiger partial charge in [0, 0.05) is 42.9 Å². The summed E-state index contributed by atoms with van der Waals surface area (Å²) in [5.41, 5.74) is 11.0. The minimum absolute atomic E-state index is 0.519. The smallest absolute Gasteiger partial charge is 0.160 e. The van der Waals surface area contributed by atoms with Gasteiger partial charge in [-0.2, -0.15) is 0 Å². The van der Waals surface area contributed by atoms with Gasteiger partial charge in [0.15, 0.2) is 11.5 Å². The third-order valence-corrected chi connectivity index (χ3v) is 5.79. The highest BCUT2D eigenvalue weighted by atomic mass is 16.5. The van der Waals surface area contributed by atoms with Crippen LogP contribution in [0.2, 0.25) is 0 Å². The maximum Gasteiger partial charge on any atom is 0.160 e. The molecule has 2 aromatic carbocycles. The average molecular weight is 450 g/mol. The first-order valence-corrected chi connectivity index (χ1v) is 11.1. The normalized spacial score (nSPS) is 13.6. The third-order valence-electron chi connectivity index (χ3n) is 5.79. The summed E-state index contributed by atoms with van der Waals surface area (Å²) < 4.78 is 22.4. The van der Waals surface area contributed by atoms with E-state index in [0.717, 1.165) is 53.5 Å². The van der Waals surface area contributed by atoms with Crippen LogP contribution in [0.1, 0.15) is 11.1 Å². The molecule has 1 saturated heterocycles. The number of aryl methyl sites for hydroxylation is 1. The van der Waals surface area contributed by atoms with Crippen LogP contribution in [0.15, 0.2) is 48.5 Å². The van der Waals surface area contributed by atoms with Crippen molar-refractivity contribution in [3.05, 3.63) is 59.7 Å². The molecule has 1 fully saturated rings. The molecule has 4 rings (SSSR count). The predicted octanol–water partition coefficient (Wildman–Crippen LogP) is 4.11. The summed E-state index contributed by atoms with van der Waals surface area (Å²) >= 11 is 0. The van der Waals surface area contributed by atoms with Crippen molar-refractivity contribution in [2.24, 2.45) is 0 Å². The summed E-state index contributed by atoms with van der Waals surface area (Å²) in [6, 6.07) is 15.8. The second-order valence-electron chi connectivity index (χ2n) is 7.97. The van der Waals surface area contributed by atoms with Gasteiger partial charge in [-0.15, -0.1) is 0 Å². The summed E-state index contributed by atoms with van der Waals surface area (Å²) in [5.74, 6) is 3.07. The minimum Gasteiger partial charge on any atom is -0.493 e. The van der Waals surface area contributed by atoms with Gasteiger partial charge in [-0.25, -0.2) is 4.98 Å². The largest absolute Gasteiger partial charge is 0.493 e. The highest BCUT2D eigenvalue weighted by Crippen LogP contribution is 2.33. The lowest BCUT2D eigenvalue weighted by molar-refractivity contribution is 0.122. The quantitative estimate of drug-likeness (QED) is 0.518. The van der Waals surface area contributed by atoms with E-state index in [1.165, 1.54) is 0 Å². The summed E-state index contributed by atoms with van der Waals surface area (Å²) in [6.07, 6.45) is 0.734. The maximum atomic E-state index is 6.32. The number of pyridine rings is 1. The van der Waals surface area contributed by atoms with Crippen LogP contribution in [0.25, 0.3) is 11.3 Å². The van der Waals surface area contributed by atoms with Crippen LogP contribution >= 0.6 is 0 Å². The molecule has 0 amide bonds. The molecule has 174 valence electrons. The third kappa shape index (κ3) is 5.31. The molecule has 0 unspecified atom stereocenters. The second kappa shape index (κ2) is 10.4. The van der Waals surface area contributed by atoms with E-state index in [-0.39, 0.29) is 0 Å². The molecule has 7 heteroatoms. The van der Waals surface area contributed by atoms with Gasteiger partial charge in [-0.1, -0.05) is 18.2 Å². The monoisotopic (exact) mass is 449 g/mol. The summed E-state index contributed by atoms with van der Waals surface area (Å²) in [7, 11) is 3.27. The molecule has 1 aliphatic rings. The van der Waals surface area contributed by atoms with E-state index in [4.69, 9.17) is 29.7 Å². The lowest BCUT2D eigenvalue weighted by Gasteiger charge is -2.28. The number of ether oxygens (including phenoxy) is 4. The van der Waals surface area contributed by atoms with Crippen LogP contribution in [-0.2, 0) is 11.2 Å². The zero-order chi connectivity index (χ0) is 23.2. The lowest BCUT2D eigenvalue weighted by atomic mass is 10.0. The van der Waals surface area contributed by atoms with Crippen molar-refractivity contribution in [1.29, 1.82) is 0 Å². The van der Waals surface area contributed by atoms with Gasteiger partial charge in [0.05, 0.1) is 39.7 Å². The standard InChI is InChI=1S/C26H31N3O4/c1-18-5-4-6-21(27)26(18)22-16-20(17-25(28-22)29-10-13-32-14-11-29)33-12-9-19-7-8-23(30-2)24(15-19)31-3/h4-8,15-17H,9-14,27H2,1-3H3. The molecular weight excluding hydrogens is 418 g/mol. The van der Waals surface area contributed by atoms with Gasteiger partial charge in [0.25, 0.3) is 0 Å². The first kappa shape index (κ1) is 22.7. The Bertz CT molecular complexity index is 1080. The number of nitrogen functional groups attached to an aromatic ring is 1. The second-order valence-corrected chi connectivity index (χ2v) is 7.97.